The lowest BCUT2D eigenvalue weighted by atomic mass is 9.77. The predicted molar refractivity (Wildman–Crippen MR) is 80.0 cm³/mol. The molecular weight excluding hydrogens is 250 g/mol. The van der Waals surface area contributed by atoms with Crippen LogP contribution in [0.4, 0.5) is 0 Å². The third-order valence-electron chi connectivity index (χ3n) is 5.15. The van der Waals surface area contributed by atoms with E-state index in [0.29, 0.717) is 5.92 Å². The maximum absolute atomic E-state index is 6.80. The van der Waals surface area contributed by atoms with Crippen molar-refractivity contribution in [3.8, 4) is 5.75 Å². The van der Waals surface area contributed by atoms with Gasteiger partial charge in [-0.05, 0) is 18.9 Å². The molecule has 1 N–H and O–H groups in total. The van der Waals surface area contributed by atoms with Gasteiger partial charge in [0, 0.05) is 24.6 Å². The van der Waals surface area contributed by atoms with Gasteiger partial charge in [-0.2, -0.15) is 0 Å². The summed E-state index contributed by atoms with van der Waals surface area (Å²) in [5.41, 5.74) is 0.896. The van der Waals surface area contributed by atoms with Crippen LogP contribution in [-0.2, 0) is 10.3 Å². The molecule has 1 spiro atoms. The van der Waals surface area contributed by atoms with Crippen LogP contribution in [0, 0.1) is 5.92 Å². The zero-order valence-corrected chi connectivity index (χ0v) is 12.7. The second-order valence-corrected chi connectivity index (χ2v) is 6.19. The van der Waals surface area contributed by atoms with E-state index in [2.05, 4.69) is 44.3 Å². The van der Waals surface area contributed by atoms with Crippen molar-refractivity contribution >= 4 is 0 Å². The number of para-hydroxylation sites is 1. The van der Waals surface area contributed by atoms with Gasteiger partial charge >= 0.3 is 0 Å². The summed E-state index contributed by atoms with van der Waals surface area (Å²) in [5, 5.41) is 3.63. The van der Waals surface area contributed by atoms with Gasteiger partial charge in [0.2, 0.25) is 0 Å². The molecule has 1 saturated heterocycles. The van der Waals surface area contributed by atoms with Crippen LogP contribution in [0.5, 0.6) is 5.75 Å². The van der Waals surface area contributed by atoms with Crippen LogP contribution >= 0.6 is 0 Å². The summed E-state index contributed by atoms with van der Waals surface area (Å²) in [6, 6.07) is 8.33. The third-order valence-corrected chi connectivity index (χ3v) is 5.15. The van der Waals surface area contributed by atoms with Crippen LogP contribution in [0.2, 0.25) is 0 Å². The normalized spacial score (nSPS) is 31.6. The first kappa shape index (κ1) is 13.9. The van der Waals surface area contributed by atoms with Crippen molar-refractivity contribution < 1.29 is 9.47 Å². The molecule has 0 saturated carbocycles. The van der Waals surface area contributed by atoms with E-state index in [1.54, 1.807) is 0 Å². The van der Waals surface area contributed by atoms with E-state index in [4.69, 9.17) is 9.47 Å². The molecule has 110 valence electrons. The monoisotopic (exact) mass is 275 g/mol. The smallest absolute Gasteiger partial charge is 0.125 e. The predicted octanol–water partition coefficient (Wildman–Crippen LogP) is 3.09. The van der Waals surface area contributed by atoms with Gasteiger partial charge in [0.25, 0.3) is 0 Å². The molecule has 3 heteroatoms. The summed E-state index contributed by atoms with van der Waals surface area (Å²) < 4.78 is 12.7. The van der Waals surface area contributed by atoms with Crippen molar-refractivity contribution in [2.24, 2.45) is 5.92 Å². The first-order valence-electron chi connectivity index (χ1n) is 7.79. The maximum atomic E-state index is 6.80. The molecule has 1 aromatic carbocycles. The average Bonchev–Trinajstić information content (AvgIpc) is 2.52. The van der Waals surface area contributed by atoms with Gasteiger partial charge < -0.3 is 14.8 Å². The first-order chi connectivity index (χ1) is 9.66. The second-order valence-electron chi connectivity index (χ2n) is 6.19. The number of fused-ring (bicyclic) bond motifs is 2. The number of morpholine rings is 1. The number of hydrogen-bond donors (Lipinski definition) is 1. The average molecular weight is 275 g/mol. The highest BCUT2D eigenvalue weighted by molar-refractivity contribution is 5.41. The minimum atomic E-state index is -0.251. The fourth-order valence-electron chi connectivity index (χ4n) is 3.56. The number of hydrogen-bond acceptors (Lipinski definition) is 3. The molecule has 0 aliphatic carbocycles. The summed E-state index contributed by atoms with van der Waals surface area (Å²) in [6.07, 6.45) is 2.07. The van der Waals surface area contributed by atoms with E-state index in [0.717, 1.165) is 38.3 Å². The standard InChI is InChI=1S/C17H25NO2/c1-4-16(5-2)11-18-12-17(20-16)13(3)10-19-15-9-7-6-8-14(15)17/h6-9,13,18H,4-5,10-12H2,1-3H3. The molecule has 2 unspecified atom stereocenters. The molecule has 1 fully saturated rings. The largest absolute Gasteiger partial charge is 0.493 e. The highest BCUT2D eigenvalue weighted by atomic mass is 16.5. The van der Waals surface area contributed by atoms with Crippen LogP contribution in [0.1, 0.15) is 39.2 Å². The second kappa shape index (κ2) is 5.05. The number of benzene rings is 1. The molecule has 0 bridgehead atoms. The van der Waals surface area contributed by atoms with Gasteiger partial charge in [-0.25, -0.2) is 0 Å². The minimum Gasteiger partial charge on any atom is -0.493 e. The molecule has 3 nitrogen and oxygen atoms in total. The number of ether oxygens (including phenoxy) is 2. The summed E-state index contributed by atoms with van der Waals surface area (Å²) in [4.78, 5) is 0. The molecule has 2 atom stereocenters. The Balaban J connectivity index is 2.06. The Morgan fingerprint density at radius 1 is 1.20 bits per heavy atom. The van der Waals surface area contributed by atoms with Gasteiger partial charge in [0.1, 0.15) is 11.4 Å². The molecule has 2 heterocycles. The summed E-state index contributed by atoms with van der Waals surface area (Å²) in [5.74, 6) is 1.33. The van der Waals surface area contributed by atoms with Crippen molar-refractivity contribution in [3.63, 3.8) is 0 Å². The van der Waals surface area contributed by atoms with Crippen LogP contribution < -0.4 is 10.1 Å². The Kier molecular flexibility index (Phi) is 3.51. The lowest BCUT2D eigenvalue weighted by Gasteiger charge is -2.53. The number of rotatable bonds is 2. The maximum Gasteiger partial charge on any atom is 0.125 e. The summed E-state index contributed by atoms with van der Waals surface area (Å²) >= 11 is 0. The number of nitrogens with one attached hydrogen (secondary N) is 1. The Hall–Kier alpha value is -1.06. The molecule has 0 amide bonds. The van der Waals surface area contributed by atoms with Crippen LogP contribution in [0.25, 0.3) is 0 Å². The van der Waals surface area contributed by atoms with E-state index in [1.165, 1.54) is 5.56 Å². The van der Waals surface area contributed by atoms with E-state index in [1.807, 2.05) is 6.07 Å². The molecule has 0 aromatic heterocycles. The van der Waals surface area contributed by atoms with Gasteiger partial charge in [-0.15, -0.1) is 0 Å². The van der Waals surface area contributed by atoms with E-state index in [9.17, 15) is 0 Å². The third kappa shape index (κ3) is 1.95. The van der Waals surface area contributed by atoms with Crippen molar-refractivity contribution in [3.05, 3.63) is 29.8 Å². The Morgan fingerprint density at radius 2 is 1.95 bits per heavy atom. The Bertz CT molecular complexity index is 484. The molecule has 3 rings (SSSR count). The van der Waals surface area contributed by atoms with Gasteiger partial charge in [-0.1, -0.05) is 39.0 Å². The van der Waals surface area contributed by atoms with Gasteiger partial charge in [0.15, 0.2) is 0 Å². The molecule has 0 radical (unpaired) electrons. The van der Waals surface area contributed by atoms with Crippen LogP contribution in [0.15, 0.2) is 24.3 Å². The zero-order chi connectivity index (χ0) is 14.2. The Labute approximate surface area is 121 Å². The molecular formula is C17H25NO2. The minimum absolute atomic E-state index is 0.0586. The molecule has 1 aromatic rings. The highest BCUT2D eigenvalue weighted by Crippen LogP contribution is 2.47. The summed E-state index contributed by atoms with van der Waals surface area (Å²) in [6.45, 7) is 9.22. The van der Waals surface area contributed by atoms with Crippen molar-refractivity contribution in [2.75, 3.05) is 19.7 Å². The molecule has 20 heavy (non-hydrogen) atoms. The van der Waals surface area contributed by atoms with Crippen molar-refractivity contribution in [2.45, 2.75) is 44.8 Å². The van der Waals surface area contributed by atoms with Crippen LogP contribution in [0.3, 0.4) is 0 Å². The van der Waals surface area contributed by atoms with Gasteiger partial charge in [-0.3, -0.25) is 0 Å². The van der Waals surface area contributed by atoms with Crippen molar-refractivity contribution in [1.82, 2.24) is 5.32 Å². The lowest BCUT2D eigenvalue weighted by Crippen LogP contribution is -2.62. The zero-order valence-electron chi connectivity index (χ0n) is 12.7. The summed E-state index contributed by atoms with van der Waals surface area (Å²) in [7, 11) is 0. The van der Waals surface area contributed by atoms with E-state index >= 15 is 0 Å². The first-order valence-corrected chi connectivity index (χ1v) is 7.79. The topological polar surface area (TPSA) is 30.5 Å². The van der Waals surface area contributed by atoms with E-state index in [-0.39, 0.29) is 11.2 Å². The van der Waals surface area contributed by atoms with Crippen molar-refractivity contribution in [1.29, 1.82) is 0 Å². The Morgan fingerprint density at radius 3 is 2.70 bits per heavy atom. The van der Waals surface area contributed by atoms with Gasteiger partial charge in [0.05, 0.1) is 12.2 Å². The molecule has 2 aliphatic heterocycles. The SMILES string of the molecule is CCC1(CC)CNCC2(O1)c1ccccc1OCC2C. The lowest BCUT2D eigenvalue weighted by molar-refractivity contribution is -0.219. The van der Waals surface area contributed by atoms with E-state index < -0.39 is 0 Å². The molecule has 2 aliphatic rings. The quantitative estimate of drug-likeness (QED) is 0.899. The highest BCUT2D eigenvalue weighted by Gasteiger charge is 2.51. The fraction of sp³-hybridized carbons (Fsp3) is 0.647. The van der Waals surface area contributed by atoms with Crippen LogP contribution in [-0.4, -0.2) is 25.3 Å². The fourth-order valence-corrected chi connectivity index (χ4v) is 3.56.